The Kier molecular flexibility index (Phi) is 3.77. The molecule has 0 atom stereocenters. The van der Waals surface area contributed by atoms with E-state index in [0.717, 1.165) is 12.0 Å². The van der Waals surface area contributed by atoms with E-state index in [1.807, 2.05) is 32.1 Å². The zero-order valence-electron chi connectivity index (χ0n) is 7.14. The van der Waals surface area contributed by atoms with Crippen LogP contribution in [-0.2, 0) is 4.79 Å². The molecule has 0 N–H and O–H groups in total. The van der Waals surface area contributed by atoms with Crippen molar-refractivity contribution in [1.29, 1.82) is 0 Å². The highest BCUT2D eigenvalue weighted by atomic mass is 16.1. The number of allylic oxidation sites excluding steroid dienone is 1. The lowest BCUT2D eigenvalue weighted by molar-refractivity contribution is -0.113. The average Bonchev–Trinajstić information content (AvgIpc) is 1.81. The van der Waals surface area contributed by atoms with Gasteiger partial charge in [-0.3, -0.25) is 4.79 Å². The third-order valence-electron chi connectivity index (χ3n) is 1.25. The molecule has 0 aromatic carbocycles. The molecular formula is C8H15NO. The molecule has 0 fully saturated rings. The second-order valence-corrected chi connectivity index (χ2v) is 2.53. The van der Waals surface area contributed by atoms with Gasteiger partial charge in [-0.1, -0.05) is 6.92 Å². The van der Waals surface area contributed by atoms with E-state index in [-0.39, 0.29) is 5.78 Å². The van der Waals surface area contributed by atoms with Crippen LogP contribution in [0.3, 0.4) is 0 Å². The molecule has 10 heavy (non-hydrogen) atoms. The van der Waals surface area contributed by atoms with Gasteiger partial charge in [-0.15, -0.1) is 0 Å². The smallest absolute Gasteiger partial charge is 0.157 e. The van der Waals surface area contributed by atoms with Crippen LogP contribution in [0.2, 0.25) is 0 Å². The Morgan fingerprint density at radius 1 is 1.50 bits per heavy atom. The van der Waals surface area contributed by atoms with Crippen LogP contribution in [0.25, 0.3) is 0 Å². The standard InChI is InChI=1S/C8H15NO/c1-5-8(7(2)10)6-9(3)4/h6H,5H2,1-4H3/b8-6-. The van der Waals surface area contributed by atoms with Crippen LogP contribution in [-0.4, -0.2) is 24.8 Å². The van der Waals surface area contributed by atoms with Gasteiger partial charge in [0.05, 0.1) is 0 Å². The Bertz CT molecular complexity index is 147. The number of hydrogen-bond donors (Lipinski definition) is 0. The number of ketones is 1. The zero-order chi connectivity index (χ0) is 8.15. The Hall–Kier alpha value is -0.790. The maximum Gasteiger partial charge on any atom is 0.157 e. The topological polar surface area (TPSA) is 20.3 Å². The Morgan fingerprint density at radius 2 is 2.00 bits per heavy atom. The van der Waals surface area contributed by atoms with E-state index in [2.05, 4.69) is 0 Å². The Labute approximate surface area is 62.5 Å². The first-order valence-corrected chi connectivity index (χ1v) is 3.46. The van der Waals surface area contributed by atoms with E-state index in [4.69, 9.17) is 0 Å². The first-order chi connectivity index (χ1) is 4.57. The monoisotopic (exact) mass is 141 g/mol. The summed E-state index contributed by atoms with van der Waals surface area (Å²) >= 11 is 0. The maximum absolute atomic E-state index is 10.8. The number of Topliss-reactive ketones (excluding diaryl/α,β-unsaturated/α-hetero) is 1. The summed E-state index contributed by atoms with van der Waals surface area (Å²) < 4.78 is 0. The lowest BCUT2D eigenvalue weighted by Crippen LogP contribution is -2.06. The number of nitrogens with zero attached hydrogens (tertiary/aromatic N) is 1. The highest BCUT2D eigenvalue weighted by Gasteiger charge is 1.99. The zero-order valence-corrected chi connectivity index (χ0v) is 7.14. The summed E-state index contributed by atoms with van der Waals surface area (Å²) in [6.45, 7) is 3.58. The molecule has 0 bridgehead atoms. The van der Waals surface area contributed by atoms with E-state index in [1.54, 1.807) is 6.92 Å². The van der Waals surface area contributed by atoms with E-state index < -0.39 is 0 Å². The van der Waals surface area contributed by atoms with Crippen molar-refractivity contribution in [2.75, 3.05) is 14.1 Å². The summed E-state index contributed by atoms with van der Waals surface area (Å²) in [5, 5.41) is 0. The van der Waals surface area contributed by atoms with E-state index in [0.29, 0.717) is 0 Å². The molecule has 0 radical (unpaired) electrons. The van der Waals surface area contributed by atoms with Crippen LogP contribution in [0.1, 0.15) is 20.3 Å². The SMILES string of the molecule is CC/C(=C/N(C)C)C(C)=O. The van der Waals surface area contributed by atoms with Crippen molar-refractivity contribution in [3.05, 3.63) is 11.8 Å². The Morgan fingerprint density at radius 3 is 2.10 bits per heavy atom. The van der Waals surface area contributed by atoms with Crippen molar-refractivity contribution >= 4 is 5.78 Å². The molecule has 0 rings (SSSR count). The molecule has 0 spiro atoms. The summed E-state index contributed by atoms with van der Waals surface area (Å²) in [6, 6.07) is 0. The molecule has 0 saturated heterocycles. The minimum Gasteiger partial charge on any atom is -0.383 e. The molecule has 0 saturated carbocycles. The van der Waals surface area contributed by atoms with Crippen LogP contribution in [0, 0.1) is 0 Å². The van der Waals surface area contributed by atoms with E-state index in [1.165, 1.54) is 0 Å². The predicted octanol–water partition coefficient (Wildman–Crippen LogP) is 1.43. The second kappa shape index (κ2) is 4.09. The van der Waals surface area contributed by atoms with Crippen LogP contribution in [0.15, 0.2) is 11.8 Å². The van der Waals surface area contributed by atoms with Crippen molar-refractivity contribution in [3.63, 3.8) is 0 Å². The van der Waals surface area contributed by atoms with E-state index in [9.17, 15) is 4.79 Å². The third kappa shape index (κ3) is 3.28. The fourth-order valence-corrected chi connectivity index (χ4v) is 0.743. The largest absolute Gasteiger partial charge is 0.383 e. The van der Waals surface area contributed by atoms with Gasteiger partial charge in [-0.25, -0.2) is 0 Å². The Balaban J connectivity index is 4.19. The third-order valence-corrected chi connectivity index (χ3v) is 1.25. The molecule has 2 heteroatoms. The summed E-state index contributed by atoms with van der Waals surface area (Å²) in [7, 11) is 3.83. The van der Waals surface area contributed by atoms with Crippen LogP contribution in [0.4, 0.5) is 0 Å². The fraction of sp³-hybridized carbons (Fsp3) is 0.625. The summed E-state index contributed by atoms with van der Waals surface area (Å²) in [5.41, 5.74) is 0.880. The summed E-state index contributed by atoms with van der Waals surface area (Å²) in [6.07, 6.45) is 2.68. The fourth-order valence-electron chi connectivity index (χ4n) is 0.743. The van der Waals surface area contributed by atoms with Crippen LogP contribution in [0.5, 0.6) is 0 Å². The molecule has 0 aliphatic carbocycles. The number of carbonyl (C=O) groups is 1. The average molecular weight is 141 g/mol. The van der Waals surface area contributed by atoms with Crippen LogP contribution < -0.4 is 0 Å². The lowest BCUT2D eigenvalue weighted by Gasteiger charge is -2.06. The molecule has 2 nitrogen and oxygen atoms in total. The van der Waals surface area contributed by atoms with Gasteiger partial charge in [0.1, 0.15) is 0 Å². The minimum absolute atomic E-state index is 0.163. The van der Waals surface area contributed by atoms with Gasteiger partial charge in [0, 0.05) is 25.9 Å². The number of hydrogen-bond acceptors (Lipinski definition) is 2. The molecule has 0 amide bonds. The van der Waals surface area contributed by atoms with Crippen molar-refractivity contribution < 1.29 is 4.79 Å². The highest BCUT2D eigenvalue weighted by molar-refractivity contribution is 5.92. The maximum atomic E-state index is 10.8. The first-order valence-electron chi connectivity index (χ1n) is 3.46. The molecule has 0 aromatic heterocycles. The van der Waals surface area contributed by atoms with Gasteiger partial charge in [0.25, 0.3) is 0 Å². The van der Waals surface area contributed by atoms with Crippen molar-refractivity contribution in [2.45, 2.75) is 20.3 Å². The first kappa shape index (κ1) is 9.21. The van der Waals surface area contributed by atoms with E-state index >= 15 is 0 Å². The highest BCUT2D eigenvalue weighted by Crippen LogP contribution is 2.01. The molecule has 0 heterocycles. The number of carbonyl (C=O) groups excluding carboxylic acids is 1. The molecular weight excluding hydrogens is 126 g/mol. The summed E-state index contributed by atoms with van der Waals surface area (Å²) in [5.74, 6) is 0.163. The lowest BCUT2D eigenvalue weighted by atomic mass is 10.1. The van der Waals surface area contributed by atoms with Crippen LogP contribution >= 0.6 is 0 Å². The minimum atomic E-state index is 0.163. The van der Waals surface area contributed by atoms with Gasteiger partial charge in [0.15, 0.2) is 5.78 Å². The normalized spacial score (nSPS) is 11.4. The van der Waals surface area contributed by atoms with Gasteiger partial charge in [-0.05, 0) is 13.3 Å². The quantitative estimate of drug-likeness (QED) is 0.554. The molecule has 58 valence electrons. The van der Waals surface area contributed by atoms with Gasteiger partial charge < -0.3 is 4.90 Å². The van der Waals surface area contributed by atoms with Crippen molar-refractivity contribution in [1.82, 2.24) is 4.90 Å². The van der Waals surface area contributed by atoms with Gasteiger partial charge >= 0.3 is 0 Å². The second-order valence-electron chi connectivity index (χ2n) is 2.53. The summed E-state index contributed by atoms with van der Waals surface area (Å²) in [4.78, 5) is 12.7. The molecule has 0 aromatic rings. The van der Waals surface area contributed by atoms with Gasteiger partial charge in [-0.2, -0.15) is 0 Å². The van der Waals surface area contributed by atoms with Crippen molar-refractivity contribution in [2.24, 2.45) is 0 Å². The van der Waals surface area contributed by atoms with Gasteiger partial charge in [0.2, 0.25) is 0 Å². The molecule has 0 unspecified atom stereocenters. The number of rotatable bonds is 3. The molecule has 0 aliphatic rings. The van der Waals surface area contributed by atoms with Crippen molar-refractivity contribution in [3.8, 4) is 0 Å². The molecule has 0 aliphatic heterocycles. The predicted molar refractivity (Wildman–Crippen MR) is 42.7 cm³/mol.